The number of unbranched alkanes of at least 4 members (excludes halogenated alkanes) is 3. The number of amides is 4. The fraction of sp³-hybridized carbons (Fsp3) is 0.929. The number of carbonyl (C=O) groups excluding carboxylic acids is 2. The second-order valence-corrected chi connectivity index (χ2v) is 14.6. The van der Waals surface area contributed by atoms with Crippen LogP contribution in [0.2, 0.25) is 0 Å². The Balaban J connectivity index is 1.07. The number of nitrogens with one attached hydrogen (secondary N) is 2. The third kappa shape index (κ3) is 5.84. The van der Waals surface area contributed by atoms with Gasteiger partial charge in [-0.2, -0.15) is 0 Å². The van der Waals surface area contributed by atoms with E-state index in [0.717, 1.165) is 77.5 Å². The van der Waals surface area contributed by atoms with Crippen molar-refractivity contribution in [1.29, 1.82) is 0 Å². The van der Waals surface area contributed by atoms with Crippen LogP contribution in [-0.2, 0) is 0 Å². The molecule has 4 rings (SSSR count). The minimum absolute atomic E-state index is 0.131. The lowest BCUT2D eigenvalue weighted by Gasteiger charge is -2.39. The zero-order valence-corrected chi connectivity index (χ0v) is 22.8. The van der Waals surface area contributed by atoms with E-state index in [1.54, 1.807) is 0 Å². The smallest absolute Gasteiger partial charge is 0.317 e. The van der Waals surface area contributed by atoms with Gasteiger partial charge in [-0.05, 0) is 73.0 Å². The van der Waals surface area contributed by atoms with E-state index in [1.165, 1.54) is 12.8 Å². The van der Waals surface area contributed by atoms with Crippen LogP contribution in [0.5, 0.6) is 0 Å². The Morgan fingerprint density at radius 2 is 1.03 bits per heavy atom. The van der Waals surface area contributed by atoms with Gasteiger partial charge in [0, 0.05) is 38.3 Å². The lowest BCUT2D eigenvalue weighted by atomic mass is 9.65. The third-order valence-electron chi connectivity index (χ3n) is 9.01. The quantitative estimate of drug-likeness (QED) is 0.460. The molecule has 0 unspecified atom stereocenters. The summed E-state index contributed by atoms with van der Waals surface area (Å²) in [5.41, 5.74) is 1.25. The molecule has 4 amide bonds. The number of urea groups is 2. The van der Waals surface area contributed by atoms with E-state index in [9.17, 15) is 9.59 Å². The van der Waals surface area contributed by atoms with Crippen molar-refractivity contribution in [2.24, 2.45) is 21.7 Å². The SMILES string of the molecule is CC1(C)C[C@H]2C[C@@](C)(CN2C(=O)NCCCCCCNC(=O)N2C[C@@]3(C)C[C@H]2CC(C)(C)C3)C1. The summed E-state index contributed by atoms with van der Waals surface area (Å²) in [6, 6.07) is 1.07. The van der Waals surface area contributed by atoms with Crippen LogP contribution < -0.4 is 10.6 Å². The molecule has 0 radical (unpaired) electrons. The van der Waals surface area contributed by atoms with Crippen molar-refractivity contribution < 1.29 is 9.59 Å². The molecule has 6 heteroatoms. The first kappa shape index (κ1) is 25.6. The molecule has 4 aliphatic rings. The van der Waals surface area contributed by atoms with Crippen LogP contribution in [0.15, 0.2) is 0 Å². The second-order valence-electron chi connectivity index (χ2n) is 14.6. The van der Waals surface area contributed by atoms with Crippen molar-refractivity contribution in [3.63, 3.8) is 0 Å². The number of rotatable bonds is 7. The lowest BCUT2D eigenvalue weighted by Crippen LogP contribution is -2.44. The van der Waals surface area contributed by atoms with Crippen LogP contribution >= 0.6 is 0 Å². The van der Waals surface area contributed by atoms with Crippen molar-refractivity contribution >= 4 is 12.1 Å². The van der Waals surface area contributed by atoms with Gasteiger partial charge in [0.15, 0.2) is 0 Å². The van der Waals surface area contributed by atoms with E-state index in [4.69, 9.17) is 0 Å². The summed E-state index contributed by atoms with van der Waals surface area (Å²) in [6.07, 6.45) is 11.2. The third-order valence-corrected chi connectivity index (χ3v) is 9.01. The highest BCUT2D eigenvalue weighted by Gasteiger charge is 2.52. The van der Waals surface area contributed by atoms with Gasteiger partial charge in [0.1, 0.15) is 0 Å². The van der Waals surface area contributed by atoms with Gasteiger partial charge in [-0.3, -0.25) is 0 Å². The monoisotopic (exact) mass is 474 g/mol. The Morgan fingerprint density at radius 1 is 0.647 bits per heavy atom. The van der Waals surface area contributed by atoms with Gasteiger partial charge in [0.25, 0.3) is 0 Å². The summed E-state index contributed by atoms with van der Waals surface area (Å²) in [4.78, 5) is 29.8. The van der Waals surface area contributed by atoms with Crippen molar-refractivity contribution in [3.05, 3.63) is 0 Å². The topological polar surface area (TPSA) is 64.7 Å². The Labute approximate surface area is 208 Å². The van der Waals surface area contributed by atoms with Crippen molar-refractivity contribution in [2.75, 3.05) is 26.2 Å². The molecule has 6 nitrogen and oxygen atoms in total. The molecule has 2 aliphatic heterocycles. The van der Waals surface area contributed by atoms with Crippen LogP contribution in [0, 0.1) is 21.7 Å². The predicted molar refractivity (Wildman–Crippen MR) is 138 cm³/mol. The highest BCUT2D eigenvalue weighted by Crippen LogP contribution is 2.53. The summed E-state index contributed by atoms with van der Waals surface area (Å²) in [6.45, 7) is 17.4. The molecule has 4 fully saturated rings. The van der Waals surface area contributed by atoms with E-state index in [-0.39, 0.29) is 22.9 Å². The summed E-state index contributed by atoms with van der Waals surface area (Å²) >= 11 is 0. The largest absolute Gasteiger partial charge is 0.338 e. The van der Waals surface area contributed by atoms with Gasteiger partial charge < -0.3 is 20.4 Å². The molecule has 2 saturated heterocycles. The van der Waals surface area contributed by atoms with Crippen LogP contribution in [0.4, 0.5) is 9.59 Å². The van der Waals surface area contributed by atoms with Crippen LogP contribution in [-0.4, -0.2) is 60.1 Å². The van der Waals surface area contributed by atoms with E-state index in [2.05, 4.69) is 62.0 Å². The first-order valence-electron chi connectivity index (χ1n) is 13.9. The number of hydrogen-bond donors (Lipinski definition) is 2. The fourth-order valence-corrected chi connectivity index (χ4v) is 8.59. The first-order valence-corrected chi connectivity index (χ1v) is 13.9. The number of carbonyl (C=O) groups is 2. The molecular weight excluding hydrogens is 424 g/mol. The molecule has 4 atom stereocenters. The van der Waals surface area contributed by atoms with E-state index in [0.29, 0.717) is 22.9 Å². The molecule has 34 heavy (non-hydrogen) atoms. The standard InChI is InChI=1S/C28H50N4O2/c1-25(2)13-21-15-27(5,17-25)19-31(21)23(33)29-11-9-7-8-10-12-30-24(34)32-20-28(6)16-22(32)14-26(3,4)18-28/h21-22H,7-20H2,1-6H3,(H,29,33)(H,30,34)/t21-,22+,27+,28-. The molecule has 0 aromatic heterocycles. The van der Waals surface area contributed by atoms with Crippen molar-refractivity contribution in [3.8, 4) is 0 Å². The number of fused-ring (bicyclic) bond motifs is 4. The molecule has 2 saturated carbocycles. The van der Waals surface area contributed by atoms with Crippen molar-refractivity contribution in [1.82, 2.24) is 20.4 Å². The molecular formula is C28H50N4O2. The van der Waals surface area contributed by atoms with Gasteiger partial charge in [-0.15, -0.1) is 0 Å². The number of nitrogens with zero attached hydrogens (tertiary/aromatic N) is 2. The van der Waals surface area contributed by atoms with E-state index < -0.39 is 0 Å². The van der Waals surface area contributed by atoms with Gasteiger partial charge in [0.05, 0.1) is 0 Å². The Bertz CT molecular complexity index is 716. The average molecular weight is 475 g/mol. The molecule has 194 valence electrons. The average Bonchev–Trinajstić information content (AvgIpc) is 3.10. The maximum absolute atomic E-state index is 12.8. The summed E-state index contributed by atoms with van der Waals surface area (Å²) in [5.74, 6) is 0. The van der Waals surface area contributed by atoms with Gasteiger partial charge in [0.2, 0.25) is 0 Å². The molecule has 2 heterocycles. The van der Waals surface area contributed by atoms with Gasteiger partial charge >= 0.3 is 12.1 Å². The summed E-state index contributed by atoms with van der Waals surface area (Å²) < 4.78 is 0. The molecule has 0 spiro atoms. The Kier molecular flexibility index (Phi) is 6.94. The molecule has 2 N–H and O–H groups in total. The van der Waals surface area contributed by atoms with E-state index in [1.807, 2.05) is 0 Å². The normalized spacial score (nSPS) is 35.4. The zero-order valence-electron chi connectivity index (χ0n) is 22.8. The second kappa shape index (κ2) is 9.20. The van der Waals surface area contributed by atoms with E-state index >= 15 is 0 Å². The highest BCUT2D eigenvalue weighted by atomic mass is 16.2. The lowest BCUT2D eigenvalue weighted by molar-refractivity contribution is 0.128. The van der Waals surface area contributed by atoms with Crippen LogP contribution in [0.3, 0.4) is 0 Å². The fourth-order valence-electron chi connectivity index (χ4n) is 8.59. The molecule has 0 aromatic rings. The van der Waals surface area contributed by atoms with Crippen molar-refractivity contribution in [2.45, 2.75) is 118 Å². The van der Waals surface area contributed by atoms with Crippen LogP contribution in [0.25, 0.3) is 0 Å². The Morgan fingerprint density at radius 3 is 1.41 bits per heavy atom. The number of likely N-dealkylation sites (tertiary alicyclic amines) is 2. The minimum atomic E-state index is 0.131. The Hall–Kier alpha value is -1.46. The van der Waals surface area contributed by atoms with Gasteiger partial charge in [-0.25, -0.2) is 9.59 Å². The molecule has 0 aromatic carbocycles. The molecule has 2 aliphatic carbocycles. The van der Waals surface area contributed by atoms with Gasteiger partial charge in [-0.1, -0.05) is 54.4 Å². The number of hydrogen-bond acceptors (Lipinski definition) is 2. The maximum atomic E-state index is 12.8. The van der Waals surface area contributed by atoms with Crippen LogP contribution in [0.1, 0.15) is 106 Å². The predicted octanol–water partition coefficient (Wildman–Crippen LogP) is 5.77. The summed E-state index contributed by atoms with van der Waals surface area (Å²) in [7, 11) is 0. The first-order chi connectivity index (χ1) is 15.8. The highest BCUT2D eigenvalue weighted by molar-refractivity contribution is 5.75. The zero-order chi connectivity index (χ0) is 24.8. The summed E-state index contributed by atoms with van der Waals surface area (Å²) in [5, 5.41) is 6.34. The molecule has 4 bridgehead atoms. The minimum Gasteiger partial charge on any atom is -0.338 e. The maximum Gasteiger partial charge on any atom is 0.317 e.